The summed E-state index contributed by atoms with van der Waals surface area (Å²) in [5.41, 5.74) is 2.28. The summed E-state index contributed by atoms with van der Waals surface area (Å²) in [5, 5.41) is 5.09. The van der Waals surface area contributed by atoms with Crippen LogP contribution in [0.1, 0.15) is 24.1 Å². The largest absolute Gasteiger partial charge is 0.344 e. The highest BCUT2D eigenvalue weighted by Gasteiger charge is 2.22. The minimum absolute atomic E-state index is 0.128. The Morgan fingerprint density at radius 1 is 1.22 bits per heavy atom. The standard InChI is InChI=1S/C21H29ClN4O/c1-17-7-14-26(23-17)16-21(27)24(2)15-19-9-12-25(13-10-19)11-8-18-3-5-20(22)6-4-18/h3-7,14,19H,8-13,15-16H2,1-2H3. The van der Waals surface area contributed by atoms with E-state index in [1.807, 2.05) is 43.3 Å². The van der Waals surface area contributed by atoms with Gasteiger partial charge in [0, 0.05) is 31.4 Å². The number of amides is 1. The van der Waals surface area contributed by atoms with Crippen molar-refractivity contribution in [2.45, 2.75) is 32.7 Å². The highest BCUT2D eigenvalue weighted by atomic mass is 35.5. The van der Waals surface area contributed by atoms with Gasteiger partial charge in [-0.05, 0) is 69.0 Å². The first-order valence-electron chi connectivity index (χ1n) is 9.70. The average molecular weight is 389 g/mol. The van der Waals surface area contributed by atoms with Crippen LogP contribution in [0.15, 0.2) is 36.5 Å². The number of aromatic nitrogens is 2. The molecular weight excluding hydrogens is 360 g/mol. The molecule has 0 N–H and O–H groups in total. The quantitative estimate of drug-likeness (QED) is 0.731. The van der Waals surface area contributed by atoms with Gasteiger partial charge in [-0.3, -0.25) is 9.48 Å². The molecule has 1 aliphatic heterocycles. The normalized spacial score (nSPS) is 15.8. The van der Waals surface area contributed by atoms with E-state index in [9.17, 15) is 4.79 Å². The van der Waals surface area contributed by atoms with E-state index in [0.717, 1.165) is 56.2 Å². The Balaban J connectivity index is 1.37. The fraction of sp³-hybridized carbons (Fsp3) is 0.524. The molecule has 6 heteroatoms. The molecular formula is C21H29ClN4O. The number of piperidine rings is 1. The molecule has 5 nitrogen and oxygen atoms in total. The summed E-state index contributed by atoms with van der Waals surface area (Å²) in [6, 6.07) is 10.1. The van der Waals surface area contributed by atoms with Gasteiger partial charge in [0.15, 0.2) is 0 Å². The van der Waals surface area contributed by atoms with Crippen LogP contribution in [0.5, 0.6) is 0 Å². The zero-order chi connectivity index (χ0) is 19.2. The number of halogens is 1. The van der Waals surface area contributed by atoms with Crippen LogP contribution in [0, 0.1) is 12.8 Å². The SMILES string of the molecule is Cc1ccn(CC(=O)N(C)CC2CCN(CCc3ccc(Cl)cc3)CC2)n1. The molecule has 146 valence electrons. The molecule has 0 atom stereocenters. The average Bonchev–Trinajstić information content (AvgIpc) is 3.07. The van der Waals surface area contributed by atoms with Gasteiger partial charge in [0.05, 0.1) is 5.69 Å². The lowest BCUT2D eigenvalue weighted by Gasteiger charge is -2.34. The van der Waals surface area contributed by atoms with Crippen LogP contribution in [0.4, 0.5) is 0 Å². The second-order valence-corrected chi connectivity index (χ2v) is 8.03. The van der Waals surface area contributed by atoms with Gasteiger partial charge in [-0.15, -0.1) is 0 Å². The Labute approximate surface area is 166 Å². The molecule has 1 fully saturated rings. The van der Waals surface area contributed by atoms with E-state index in [4.69, 9.17) is 11.6 Å². The van der Waals surface area contributed by atoms with Crippen LogP contribution in [-0.2, 0) is 17.8 Å². The number of carbonyl (C=O) groups is 1. The monoisotopic (exact) mass is 388 g/mol. The maximum atomic E-state index is 12.4. The fourth-order valence-electron chi connectivity index (χ4n) is 3.63. The third kappa shape index (κ3) is 6.08. The summed E-state index contributed by atoms with van der Waals surface area (Å²) in [4.78, 5) is 16.8. The molecule has 1 amide bonds. The second kappa shape index (κ2) is 9.38. The molecule has 0 bridgehead atoms. The molecule has 1 aliphatic rings. The van der Waals surface area contributed by atoms with E-state index >= 15 is 0 Å². The zero-order valence-corrected chi connectivity index (χ0v) is 17.0. The molecule has 0 saturated carbocycles. The summed E-state index contributed by atoms with van der Waals surface area (Å²) in [6.07, 6.45) is 5.22. The molecule has 1 aromatic carbocycles. The predicted octanol–water partition coefficient (Wildman–Crippen LogP) is 3.26. The van der Waals surface area contributed by atoms with Crippen molar-refractivity contribution in [1.29, 1.82) is 0 Å². The maximum absolute atomic E-state index is 12.4. The zero-order valence-electron chi connectivity index (χ0n) is 16.3. The molecule has 1 aromatic heterocycles. The third-order valence-electron chi connectivity index (χ3n) is 5.37. The van der Waals surface area contributed by atoms with Crippen molar-refractivity contribution >= 4 is 17.5 Å². The Hall–Kier alpha value is -1.85. The minimum atomic E-state index is 0.128. The number of rotatable bonds is 7. The molecule has 0 spiro atoms. The molecule has 0 unspecified atom stereocenters. The molecule has 1 saturated heterocycles. The van der Waals surface area contributed by atoms with Crippen molar-refractivity contribution < 1.29 is 4.79 Å². The summed E-state index contributed by atoms with van der Waals surface area (Å²) < 4.78 is 1.72. The van der Waals surface area contributed by atoms with Crippen molar-refractivity contribution in [2.75, 3.05) is 33.2 Å². The van der Waals surface area contributed by atoms with Gasteiger partial charge in [-0.2, -0.15) is 5.10 Å². The number of hydrogen-bond acceptors (Lipinski definition) is 3. The van der Waals surface area contributed by atoms with Crippen molar-refractivity contribution in [3.8, 4) is 0 Å². The number of aryl methyl sites for hydroxylation is 1. The second-order valence-electron chi connectivity index (χ2n) is 7.59. The van der Waals surface area contributed by atoms with Crippen LogP contribution in [-0.4, -0.2) is 58.7 Å². The van der Waals surface area contributed by atoms with E-state index < -0.39 is 0 Å². The first kappa shape index (κ1) is 19.9. The topological polar surface area (TPSA) is 41.4 Å². The smallest absolute Gasteiger partial charge is 0.244 e. The first-order valence-corrected chi connectivity index (χ1v) is 10.1. The molecule has 0 radical (unpaired) electrons. The van der Waals surface area contributed by atoms with Gasteiger partial charge in [0.1, 0.15) is 6.54 Å². The van der Waals surface area contributed by atoms with Gasteiger partial charge >= 0.3 is 0 Å². The lowest BCUT2D eigenvalue weighted by atomic mass is 9.96. The Morgan fingerprint density at radius 2 is 1.93 bits per heavy atom. The number of likely N-dealkylation sites (tertiary alicyclic amines) is 1. The number of carbonyl (C=O) groups excluding carboxylic acids is 1. The Bertz CT molecular complexity index is 735. The first-order chi connectivity index (χ1) is 13.0. The summed E-state index contributed by atoms with van der Waals surface area (Å²) in [7, 11) is 1.91. The highest BCUT2D eigenvalue weighted by Crippen LogP contribution is 2.19. The molecule has 3 rings (SSSR count). The number of nitrogens with zero attached hydrogens (tertiary/aromatic N) is 4. The number of likely N-dealkylation sites (N-methyl/N-ethyl adjacent to an activating group) is 1. The van der Waals surface area contributed by atoms with Crippen LogP contribution >= 0.6 is 11.6 Å². The number of hydrogen-bond donors (Lipinski definition) is 0. The van der Waals surface area contributed by atoms with E-state index in [2.05, 4.69) is 22.1 Å². The van der Waals surface area contributed by atoms with Crippen LogP contribution in [0.2, 0.25) is 5.02 Å². The lowest BCUT2D eigenvalue weighted by molar-refractivity contribution is -0.131. The van der Waals surface area contributed by atoms with E-state index in [1.165, 1.54) is 5.56 Å². The van der Waals surface area contributed by atoms with Gasteiger partial charge < -0.3 is 9.80 Å². The summed E-state index contributed by atoms with van der Waals surface area (Å²) in [6.45, 7) is 6.40. The molecule has 27 heavy (non-hydrogen) atoms. The van der Waals surface area contributed by atoms with E-state index in [0.29, 0.717) is 12.5 Å². The van der Waals surface area contributed by atoms with Gasteiger partial charge in [-0.25, -0.2) is 0 Å². The molecule has 0 aliphatic carbocycles. The van der Waals surface area contributed by atoms with Gasteiger partial charge in [0.25, 0.3) is 0 Å². The Kier molecular flexibility index (Phi) is 6.91. The fourth-order valence-corrected chi connectivity index (χ4v) is 3.76. The van der Waals surface area contributed by atoms with Crippen molar-refractivity contribution in [3.63, 3.8) is 0 Å². The van der Waals surface area contributed by atoms with Crippen LogP contribution in [0.3, 0.4) is 0 Å². The van der Waals surface area contributed by atoms with Gasteiger partial charge in [-0.1, -0.05) is 23.7 Å². The predicted molar refractivity (Wildman–Crippen MR) is 109 cm³/mol. The van der Waals surface area contributed by atoms with Crippen LogP contribution < -0.4 is 0 Å². The van der Waals surface area contributed by atoms with Gasteiger partial charge in [0.2, 0.25) is 5.91 Å². The Morgan fingerprint density at radius 3 is 2.56 bits per heavy atom. The minimum Gasteiger partial charge on any atom is -0.344 e. The highest BCUT2D eigenvalue weighted by molar-refractivity contribution is 6.30. The van der Waals surface area contributed by atoms with E-state index in [-0.39, 0.29) is 5.91 Å². The van der Waals surface area contributed by atoms with Crippen molar-refractivity contribution in [3.05, 3.63) is 52.8 Å². The maximum Gasteiger partial charge on any atom is 0.244 e. The lowest BCUT2D eigenvalue weighted by Crippen LogP contribution is -2.40. The summed E-state index contributed by atoms with van der Waals surface area (Å²) >= 11 is 5.94. The van der Waals surface area contributed by atoms with Crippen molar-refractivity contribution in [1.82, 2.24) is 19.6 Å². The third-order valence-corrected chi connectivity index (χ3v) is 5.62. The van der Waals surface area contributed by atoms with Crippen molar-refractivity contribution in [2.24, 2.45) is 5.92 Å². The number of benzene rings is 1. The van der Waals surface area contributed by atoms with E-state index in [1.54, 1.807) is 4.68 Å². The molecule has 2 heterocycles. The molecule has 2 aromatic rings. The van der Waals surface area contributed by atoms with Crippen LogP contribution in [0.25, 0.3) is 0 Å². The summed E-state index contributed by atoms with van der Waals surface area (Å²) in [5.74, 6) is 0.716.